The summed E-state index contributed by atoms with van der Waals surface area (Å²) in [6.07, 6.45) is 3.72. The van der Waals surface area contributed by atoms with E-state index in [9.17, 15) is 13.2 Å². The van der Waals surface area contributed by atoms with Crippen LogP contribution in [-0.4, -0.2) is 32.3 Å². The van der Waals surface area contributed by atoms with Crippen molar-refractivity contribution in [2.45, 2.75) is 19.8 Å². The molecular formula is C21H24N2O3S. The Morgan fingerprint density at radius 2 is 1.81 bits per heavy atom. The summed E-state index contributed by atoms with van der Waals surface area (Å²) in [6.45, 7) is 3.71. The average molecular weight is 385 g/mol. The minimum absolute atomic E-state index is 0.0000643. The van der Waals surface area contributed by atoms with Gasteiger partial charge in [0.15, 0.2) is 0 Å². The number of carbonyl (C=O) groups excluding carboxylic acids is 1. The van der Waals surface area contributed by atoms with Crippen LogP contribution in [0.1, 0.15) is 35.7 Å². The van der Waals surface area contributed by atoms with E-state index in [1.54, 1.807) is 24.3 Å². The van der Waals surface area contributed by atoms with Crippen LogP contribution in [0.15, 0.2) is 60.0 Å². The number of rotatable bonds is 5. The number of nitrogens with one attached hydrogen (secondary N) is 1. The van der Waals surface area contributed by atoms with Crippen LogP contribution in [0, 0.1) is 5.92 Å². The van der Waals surface area contributed by atoms with Crippen LogP contribution in [0.3, 0.4) is 0 Å². The fraction of sp³-hybridized carbons (Fsp3) is 0.286. The van der Waals surface area contributed by atoms with Gasteiger partial charge in [0.1, 0.15) is 0 Å². The van der Waals surface area contributed by atoms with E-state index in [1.807, 2.05) is 35.2 Å². The Bertz CT molecular complexity index is 906. The van der Waals surface area contributed by atoms with E-state index in [0.717, 1.165) is 36.9 Å². The molecule has 1 N–H and O–H groups in total. The van der Waals surface area contributed by atoms with E-state index < -0.39 is 10.0 Å². The molecule has 1 atom stereocenters. The molecule has 0 radical (unpaired) electrons. The summed E-state index contributed by atoms with van der Waals surface area (Å²) in [5.74, 6) is 0.519. The quantitative estimate of drug-likeness (QED) is 0.848. The highest BCUT2D eigenvalue weighted by atomic mass is 32.2. The largest absolute Gasteiger partial charge is 0.338 e. The zero-order chi connectivity index (χ0) is 19.3. The Hall–Kier alpha value is -2.60. The fourth-order valence-electron chi connectivity index (χ4n) is 3.17. The molecule has 1 heterocycles. The Morgan fingerprint density at radius 3 is 2.48 bits per heavy atom. The lowest BCUT2D eigenvalue weighted by molar-refractivity contribution is 0.0683. The van der Waals surface area contributed by atoms with Crippen molar-refractivity contribution in [3.05, 3.63) is 71.1 Å². The first-order valence-electron chi connectivity index (χ1n) is 9.08. The molecular weight excluding hydrogens is 360 g/mol. The molecule has 2 aromatic carbocycles. The van der Waals surface area contributed by atoms with E-state index >= 15 is 0 Å². The van der Waals surface area contributed by atoms with Gasteiger partial charge in [0.2, 0.25) is 0 Å². The minimum atomic E-state index is -3.62. The van der Waals surface area contributed by atoms with Crippen molar-refractivity contribution >= 4 is 27.7 Å². The highest BCUT2D eigenvalue weighted by Crippen LogP contribution is 2.19. The van der Waals surface area contributed by atoms with Crippen molar-refractivity contribution in [3.8, 4) is 0 Å². The summed E-state index contributed by atoms with van der Waals surface area (Å²) in [5, 5.41) is 1.14. The molecule has 1 aliphatic rings. The molecule has 1 unspecified atom stereocenters. The zero-order valence-electron chi connectivity index (χ0n) is 15.3. The summed E-state index contributed by atoms with van der Waals surface area (Å²) in [7, 11) is -3.62. The minimum Gasteiger partial charge on any atom is -0.338 e. The molecule has 0 aliphatic carbocycles. The molecule has 0 aromatic heterocycles. The number of anilines is 1. The Kier molecular flexibility index (Phi) is 5.96. The second-order valence-corrected chi connectivity index (χ2v) is 8.50. The second-order valence-electron chi connectivity index (χ2n) is 6.94. The molecule has 3 rings (SSSR count). The SMILES string of the molecule is CC1CCCN(C(=O)c2ccc(NS(=O)(=O)/C=C/c3ccccc3)cc2)C1. The normalized spacial score (nSPS) is 17.8. The highest BCUT2D eigenvalue weighted by molar-refractivity contribution is 7.95. The molecule has 5 nitrogen and oxygen atoms in total. The molecule has 1 saturated heterocycles. The third-order valence-electron chi connectivity index (χ3n) is 4.58. The summed E-state index contributed by atoms with van der Waals surface area (Å²) in [4.78, 5) is 14.4. The number of sulfonamides is 1. The molecule has 0 saturated carbocycles. The number of amides is 1. The fourth-order valence-corrected chi connectivity index (χ4v) is 4.04. The highest BCUT2D eigenvalue weighted by Gasteiger charge is 2.22. The van der Waals surface area contributed by atoms with Gasteiger partial charge in [0.05, 0.1) is 5.41 Å². The molecule has 0 spiro atoms. The summed E-state index contributed by atoms with van der Waals surface area (Å²) < 4.78 is 26.9. The van der Waals surface area contributed by atoms with Crippen LogP contribution >= 0.6 is 0 Å². The lowest BCUT2D eigenvalue weighted by Gasteiger charge is -2.31. The van der Waals surface area contributed by atoms with E-state index in [2.05, 4.69) is 11.6 Å². The van der Waals surface area contributed by atoms with Crippen LogP contribution in [0.2, 0.25) is 0 Å². The number of benzene rings is 2. The monoisotopic (exact) mass is 384 g/mol. The van der Waals surface area contributed by atoms with Crippen LogP contribution in [0.25, 0.3) is 6.08 Å². The first-order valence-corrected chi connectivity index (χ1v) is 10.6. The van der Waals surface area contributed by atoms with Crippen molar-refractivity contribution in [3.63, 3.8) is 0 Å². The van der Waals surface area contributed by atoms with E-state index in [0.29, 0.717) is 17.2 Å². The standard InChI is InChI=1S/C21H24N2O3S/c1-17-6-5-14-23(16-17)21(24)19-9-11-20(12-10-19)22-27(25,26)15-13-18-7-3-2-4-8-18/h2-4,7-13,15,17,22H,5-6,14,16H2,1H3/b15-13+. The lowest BCUT2D eigenvalue weighted by atomic mass is 9.99. The van der Waals surface area contributed by atoms with Gasteiger partial charge in [-0.2, -0.15) is 0 Å². The number of hydrogen-bond acceptors (Lipinski definition) is 3. The summed E-state index contributed by atoms with van der Waals surface area (Å²) >= 11 is 0. The van der Waals surface area contributed by atoms with Crippen LogP contribution in [0.4, 0.5) is 5.69 Å². The van der Waals surface area contributed by atoms with Gasteiger partial charge in [-0.1, -0.05) is 37.3 Å². The molecule has 1 amide bonds. The van der Waals surface area contributed by atoms with Crippen LogP contribution in [0.5, 0.6) is 0 Å². The predicted octanol–water partition coefficient (Wildman–Crippen LogP) is 3.97. The van der Waals surface area contributed by atoms with Gasteiger partial charge in [-0.3, -0.25) is 9.52 Å². The number of nitrogens with zero attached hydrogens (tertiary/aromatic N) is 1. The maximum Gasteiger partial charge on any atom is 0.255 e. The molecule has 6 heteroatoms. The number of piperidine rings is 1. The maximum atomic E-state index is 12.6. The van der Waals surface area contributed by atoms with Gasteiger partial charge >= 0.3 is 0 Å². The Labute approximate surface area is 160 Å². The van der Waals surface area contributed by atoms with E-state index in [4.69, 9.17) is 0 Å². The van der Waals surface area contributed by atoms with Crippen molar-refractivity contribution < 1.29 is 13.2 Å². The topological polar surface area (TPSA) is 66.5 Å². The third kappa shape index (κ3) is 5.44. The van der Waals surface area contributed by atoms with Crippen molar-refractivity contribution in [1.29, 1.82) is 0 Å². The molecule has 1 aliphatic heterocycles. The van der Waals surface area contributed by atoms with E-state index in [-0.39, 0.29) is 5.91 Å². The van der Waals surface area contributed by atoms with Crippen molar-refractivity contribution in [1.82, 2.24) is 4.90 Å². The van der Waals surface area contributed by atoms with Gasteiger partial charge in [0, 0.05) is 24.3 Å². The number of likely N-dealkylation sites (tertiary alicyclic amines) is 1. The van der Waals surface area contributed by atoms with Crippen LogP contribution in [-0.2, 0) is 10.0 Å². The molecule has 27 heavy (non-hydrogen) atoms. The lowest BCUT2D eigenvalue weighted by Crippen LogP contribution is -2.39. The molecule has 142 valence electrons. The summed E-state index contributed by atoms with van der Waals surface area (Å²) in [5.41, 5.74) is 1.81. The summed E-state index contributed by atoms with van der Waals surface area (Å²) in [6, 6.07) is 15.8. The molecule has 0 bridgehead atoms. The smallest absolute Gasteiger partial charge is 0.255 e. The third-order valence-corrected chi connectivity index (χ3v) is 5.59. The zero-order valence-corrected chi connectivity index (χ0v) is 16.2. The number of carbonyl (C=O) groups is 1. The predicted molar refractivity (Wildman–Crippen MR) is 109 cm³/mol. The number of hydrogen-bond donors (Lipinski definition) is 1. The molecule has 2 aromatic rings. The first-order chi connectivity index (χ1) is 12.9. The Morgan fingerprint density at radius 1 is 1.11 bits per heavy atom. The van der Waals surface area contributed by atoms with Crippen molar-refractivity contribution in [2.75, 3.05) is 17.8 Å². The Balaban J connectivity index is 1.64. The van der Waals surface area contributed by atoms with Gasteiger partial charge in [-0.15, -0.1) is 0 Å². The average Bonchev–Trinajstić information content (AvgIpc) is 2.67. The van der Waals surface area contributed by atoms with E-state index in [1.165, 1.54) is 6.08 Å². The molecule has 1 fully saturated rings. The van der Waals surface area contributed by atoms with Gasteiger partial charge in [-0.25, -0.2) is 8.42 Å². The van der Waals surface area contributed by atoms with Gasteiger partial charge in [0.25, 0.3) is 15.9 Å². The van der Waals surface area contributed by atoms with Crippen molar-refractivity contribution in [2.24, 2.45) is 5.92 Å². The first kappa shape index (κ1) is 19.2. The second kappa shape index (κ2) is 8.39. The van der Waals surface area contributed by atoms with Crippen LogP contribution < -0.4 is 4.72 Å². The van der Waals surface area contributed by atoms with Gasteiger partial charge < -0.3 is 4.90 Å². The van der Waals surface area contributed by atoms with Gasteiger partial charge in [-0.05, 0) is 54.7 Å². The maximum absolute atomic E-state index is 12.6.